The van der Waals surface area contributed by atoms with Gasteiger partial charge in [-0.25, -0.2) is 13.5 Å². The van der Waals surface area contributed by atoms with Gasteiger partial charge in [0.15, 0.2) is 5.69 Å². The first-order valence-corrected chi connectivity index (χ1v) is 10.2. The van der Waals surface area contributed by atoms with Crippen molar-refractivity contribution in [1.29, 1.82) is 5.26 Å². The lowest BCUT2D eigenvalue weighted by molar-refractivity contribution is -0.137. The number of rotatable bonds is 5. The number of alkyl halides is 3. The van der Waals surface area contributed by atoms with Crippen LogP contribution in [0.5, 0.6) is 0 Å². The van der Waals surface area contributed by atoms with Gasteiger partial charge in [0.2, 0.25) is 10.0 Å². The molecule has 2 N–H and O–H groups in total. The zero-order valence-electron chi connectivity index (χ0n) is 15.4. The number of nitrogens with zero attached hydrogens (tertiary/aromatic N) is 3. The molecule has 30 heavy (non-hydrogen) atoms. The molecule has 0 aliphatic heterocycles. The van der Waals surface area contributed by atoms with Crippen LogP contribution in [0.2, 0.25) is 0 Å². The van der Waals surface area contributed by atoms with Crippen molar-refractivity contribution in [3.63, 3.8) is 0 Å². The van der Waals surface area contributed by atoms with E-state index >= 15 is 0 Å². The lowest BCUT2D eigenvalue weighted by Crippen LogP contribution is -2.10. The zero-order valence-corrected chi connectivity index (χ0v) is 16.2. The molecule has 0 aliphatic carbocycles. The quantitative estimate of drug-likeness (QED) is 0.593. The molecular formula is C19H14F3N5O2S. The molecule has 0 aliphatic rings. The molecule has 0 unspecified atom stereocenters. The first-order valence-electron chi connectivity index (χ1n) is 8.35. The molecule has 0 spiro atoms. The maximum atomic E-state index is 12.9. The van der Waals surface area contributed by atoms with E-state index in [0.717, 1.165) is 18.4 Å². The van der Waals surface area contributed by atoms with Crippen molar-refractivity contribution in [1.82, 2.24) is 15.4 Å². The molecule has 1 heterocycles. The Morgan fingerprint density at radius 3 is 2.60 bits per heavy atom. The van der Waals surface area contributed by atoms with Gasteiger partial charge in [0, 0.05) is 5.56 Å². The predicted octanol–water partition coefficient (Wildman–Crippen LogP) is 3.90. The van der Waals surface area contributed by atoms with Crippen molar-refractivity contribution in [3.05, 3.63) is 64.8 Å². The minimum absolute atomic E-state index is 0.117. The second-order valence-corrected chi connectivity index (χ2v) is 8.03. The second-order valence-electron chi connectivity index (χ2n) is 6.28. The van der Waals surface area contributed by atoms with Gasteiger partial charge in [-0.15, -0.1) is 5.10 Å². The van der Waals surface area contributed by atoms with Crippen LogP contribution in [0.25, 0.3) is 23.4 Å². The summed E-state index contributed by atoms with van der Waals surface area (Å²) in [7, 11) is -3.61. The topological polar surface area (TPSA) is 112 Å². The van der Waals surface area contributed by atoms with Crippen molar-refractivity contribution in [2.24, 2.45) is 0 Å². The van der Waals surface area contributed by atoms with E-state index in [-0.39, 0.29) is 22.6 Å². The molecule has 0 fully saturated rings. The fourth-order valence-electron chi connectivity index (χ4n) is 2.65. The number of aromatic nitrogens is 3. The van der Waals surface area contributed by atoms with Crippen LogP contribution >= 0.6 is 0 Å². The Hall–Kier alpha value is -3.65. The molecule has 3 rings (SSSR count). The number of H-pyrrole nitrogens is 1. The number of halogens is 3. The van der Waals surface area contributed by atoms with Gasteiger partial charge in [-0.3, -0.25) is 4.72 Å². The molecule has 7 nitrogen and oxygen atoms in total. The van der Waals surface area contributed by atoms with Crippen LogP contribution in [0.3, 0.4) is 0 Å². The minimum atomic E-state index is -4.48. The zero-order chi connectivity index (χ0) is 21.9. The highest BCUT2D eigenvalue weighted by Gasteiger charge is 2.30. The van der Waals surface area contributed by atoms with Crippen molar-refractivity contribution >= 4 is 27.9 Å². The van der Waals surface area contributed by atoms with E-state index in [1.807, 2.05) is 6.07 Å². The van der Waals surface area contributed by atoms with Crippen LogP contribution in [0.15, 0.2) is 42.5 Å². The molecule has 11 heteroatoms. The molecular weight excluding hydrogens is 419 g/mol. The Morgan fingerprint density at radius 2 is 1.93 bits per heavy atom. The summed E-state index contributed by atoms with van der Waals surface area (Å²) in [5.74, 6) is 0. The van der Waals surface area contributed by atoms with E-state index in [4.69, 9.17) is 5.26 Å². The fraction of sp³-hybridized carbons (Fsp3) is 0.105. The first-order chi connectivity index (χ1) is 14.1. The van der Waals surface area contributed by atoms with Crippen LogP contribution in [-0.4, -0.2) is 30.1 Å². The maximum absolute atomic E-state index is 12.9. The molecule has 3 aromatic rings. The summed E-state index contributed by atoms with van der Waals surface area (Å²) in [5.41, 5.74) is 0.911. The van der Waals surface area contributed by atoms with Gasteiger partial charge in [-0.05, 0) is 35.4 Å². The Morgan fingerprint density at radius 1 is 1.17 bits per heavy atom. The van der Waals surface area contributed by atoms with Gasteiger partial charge in [-0.2, -0.15) is 18.4 Å². The van der Waals surface area contributed by atoms with Crippen molar-refractivity contribution in [3.8, 4) is 17.3 Å². The van der Waals surface area contributed by atoms with Crippen LogP contribution in [0.1, 0.15) is 22.4 Å². The number of aromatic amines is 1. The highest BCUT2D eigenvalue weighted by Crippen LogP contribution is 2.31. The van der Waals surface area contributed by atoms with Crippen LogP contribution in [0, 0.1) is 11.3 Å². The number of anilines is 1. The first kappa shape index (κ1) is 21.1. The average Bonchev–Trinajstić information content (AvgIpc) is 3.14. The Balaban J connectivity index is 2.06. The van der Waals surface area contributed by atoms with Gasteiger partial charge < -0.3 is 0 Å². The third-order valence-electron chi connectivity index (χ3n) is 3.95. The van der Waals surface area contributed by atoms with Gasteiger partial charge in [0.1, 0.15) is 11.8 Å². The van der Waals surface area contributed by atoms with Crippen LogP contribution < -0.4 is 4.72 Å². The molecule has 0 amide bonds. The summed E-state index contributed by atoms with van der Waals surface area (Å²) >= 11 is 0. The summed E-state index contributed by atoms with van der Waals surface area (Å²) in [6.07, 6.45) is -0.603. The average molecular weight is 433 g/mol. The van der Waals surface area contributed by atoms with Gasteiger partial charge in [0.05, 0.1) is 17.5 Å². The number of nitrogens with one attached hydrogen (secondary N) is 2. The Bertz CT molecular complexity index is 1260. The van der Waals surface area contributed by atoms with Crippen molar-refractivity contribution in [2.45, 2.75) is 6.18 Å². The molecule has 0 saturated carbocycles. The molecule has 0 atom stereocenters. The molecule has 0 saturated heterocycles. The monoisotopic (exact) mass is 433 g/mol. The molecule has 0 radical (unpaired) electrons. The Kier molecular flexibility index (Phi) is 5.62. The van der Waals surface area contributed by atoms with E-state index in [1.54, 1.807) is 12.1 Å². The number of sulfonamides is 1. The predicted molar refractivity (Wildman–Crippen MR) is 105 cm³/mol. The van der Waals surface area contributed by atoms with E-state index < -0.39 is 21.8 Å². The smallest absolute Gasteiger partial charge is 0.283 e. The summed E-state index contributed by atoms with van der Waals surface area (Å²) in [6.45, 7) is 0. The number of hydrogen-bond acceptors (Lipinski definition) is 5. The molecule has 1 aromatic heterocycles. The van der Waals surface area contributed by atoms with E-state index in [1.165, 1.54) is 30.4 Å². The third kappa shape index (κ3) is 5.03. The summed E-state index contributed by atoms with van der Waals surface area (Å²) < 4.78 is 64.4. The van der Waals surface area contributed by atoms with Gasteiger partial charge >= 0.3 is 6.18 Å². The standard InChI is InChI=1S/C19H14F3N5O2S/c1-30(28,29)26-16-8-7-14(18-17(11-23)24-27-25-18)10-13(16)6-5-12-3-2-4-15(9-12)19(20,21)22/h2-10,26H,1H3,(H,24,25,27). The van der Waals surface area contributed by atoms with Crippen molar-refractivity contribution in [2.75, 3.05) is 11.0 Å². The van der Waals surface area contributed by atoms with E-state index in [0.29, 0.717) is 11.1 Å². The van der Waals surface area contributed by atoms with Crippen LogP contribution in [0.4, 0.5) is 18.9 Å². The fourth-order valence-corrected chi connectivity index (χ4v) is 3.24. The van der Waals surface area contributed by atoms with Gasteiger partial charge in [-0.1, -0.05) is 35.6 Å². The largest absolute Gasteiger partial charge is 0.416 e. The highest BCUT2D eigenvalue weighted by molar-refractivity contribution is 7.92. The van der Waals surface area contributed by atoms with Crippen LogP contribution in [-0.2, 0) is 16.2 Å². The van der Waals surface area contributed by atoms with Gasteiger partial charge in [0.25, 0.3) is 0 Å². The van der Waals surface area contributed by atoms with E-state index in [9.17, 15) is 21.6 Å². The lowest BCUT2D eigenvalue weighted by Gasteiger charge is -2.10. The second kappa shape index (κ2) is 8.00. The maximum Gasteiger partial charge on any atom is 0.416 e. The van der Waals surface area contributed by atoms with E-state index in [2.05, 4.69) is 20.1 Å². The highest BCUT2D eigenvalue weighted by atomic mass is 32.2. The minimum Gasteiger partial charge on any atom is -0.283 e. The summed E-state index contributed by atoms with van der Waals surface area (Å²) in [5, 5.41) is 19.0. The summed E-state index contributed by atoms with van der Waals surface area (Å²) in [4.78, 5) is 0. The lowest BCUT2D eigenvalue weighted by atomic mass is 10.0. The number of benzene rings is 2. The summed E-state index contributed by atoms with van der Waals surface area (Å²) in [6, 6.07) is 11.2. The molecule has 154 valence electrons. The number of nitriles is 1. The molecule has 0 bridgehead atoms. The normalized spacial score (nSPS) is 12.1. The number of hydrogen-bond donors (Lipinski definition) is 2. The Labute approximate surface area is 169 Å². The molecule has 2 aromatic carbocycles. The SMILES string of the molecule is CS(=O)(=O)Nc1ccc(-c2nn[nH]c2C#N)cc1C=Cc1cccc(C(F)(F)F)c1. The van der Waals surface area contributed by atoms with Crippen molar-refractivity contribution < 1.29 is 21.6 Å². The third-order valence-corrected chi connectivity index (χ3v) is 4.54.